The van der Waals surface area contributed by atoms with Gasteiger partial charge in [-0.3, -0.25) is 4.79 Å². The molecule has 0 amide bonds. The Labute approximate surface area is 135 Å². The molecule has 0 radical (unpaired) electrons. The molecule has 0 aromatic heterocycles. The van der Waals surface area contributed by atoms with Gasteiger partial charge in [0.15, 0.2) is 11.5 Å². The number of alkyl halides is 2. The van der Waals surface area contributed by atoms with Crippen molar-refractivity contribution in [3.63, 3.8) is 0 Å². The Bertz CT molecular complexity index is 528. The maximum atomic E-state index is 12.4. The van der Waals surface area contributed by atoms with E-state index in [-0.39, 0.29) is 11.5 Å². The Morgan fingerprint density at radius 1 is 1.45 bits per heavy atom. The third-order valence-corrected chi connectivity index (χ3v) is 3.54. The minimum Gasteiger partial charge on any atom is -0.493 e. The molecule has 8 heteroatoms. The number of hydrogen-bond acceptors (Lipinski definition) is 4. The van der Waals surface area contributed by atoms with Crippen molar-refractivity contribution in [2.45, 2.75) is 20.1 Å². The van der Waals surface area contributed by atoms with Crippen LogP contribution >= 0.6 is 15.9 Å². The third kappa shape index (κ3) is 5.42. The maximum Gasteiger partial charge on any atom is 0.387 e. The zero-order chi connectivity index (χ0) is 16.9. The lowest BCUT2D eigenvalue weighted by atomic mass is 10.1. The Hall–Kier alpha value is -1.41. The van der Waals surface area contributed by atoms with Crippen molar-refractivity contribution in [3.05, 3.63) is 22.2 Å². The van der Waals surface area contributed by atoms with Crippen molar-refractivity contribution in [3.8, 4) is 11.5 Å². The molecule has 0 saturated carbocycles. The van der Waals surface area contributed by atoms with Crippen molar-refractivity contribution in [2.24, 2.45) is 5.92 Å². The number of aliphatic carboxylic acids is 1. The largest absolute Gasteiger partial charge is 0.493 e. The molecule has 1 N–H and O–H groups in total. The van der Waals surface area contributed by atoms with Crippen LogP contribution in [-0.2, 0) is 11.3 Å². The summed E-state index contributed by atoms with van der Waals surface area (Å²) in [5.41, 5.74) is 0.783. The van der Waals surface area contributed by atoms with Gasteiger partial charge < -0.3 is 19.5 Å². The summed E-state index contributed by atoms with van der Waals surface area (Å²) in [7, 11) is 3.14. The number of benzene rings is 1. The van der Waals surface area contributed by atoms with E-state index >= 15 is 0 Å². The van der Waals surface area contributed by atoms with Crippen LogP contribution in [0.2, 0.25) is 0 Å². The van der Waals surface area contributed by atoms with Crippen molar-refractivity contribution in [1.29, 1.82) is 0 Å². The highest BCUT2D eigenvalue weighted by atomic mass is 79.9. The van der Waals surface area contributed by atoms with Gasteiger partial charge >= 0.3 is 12.6 Å². The second-order valence-electron chi connectivity index (χ2n) is 4.92. The lowest BCUT2D eigenvalue weighted by molar-refractivity contribution is -0.141. The van der Waals surface area contributed by atoms with Crippen molar-refractivity contribution < 1.29 is 28.2 Å². The summed E-state index contributed by atoms with van der Waals surface area (Å²) in [6.07, 6.45) is 0. The summed E-state index contributed by atoms with van der Waals surface area (Å²) in [5, 5.41) is 8.90. The quantitative estimate of drug-likeness (QED) is 0.748. The van der Waals surface area contributed by atoms with Gasteiger partial charge in [0.05, 0.1) is 17.5 Å². The van der Waals surface area contributed by atoms with Crippen LogP contribution in [-0.4, -0.2) is 43.3 Å². The predicted octanol–water partition coefficient (Wildman–Crippen LogP) is 3.21. The Morgan fingerprint density at radius 2 is 2.09 bits per heavy atom. The second-order valence-corrected chi connectivity index (χ2v) is 5.78. The first-order valence-corrected chi connectivity index (χ1v) is 7.26. The van der Waals surface area contributed by atoms with E-state index in [1.165, 1.54) is 7.11 Å². The van der Waals surface area contributed by atoms with Crippen molar-refractivity contribution >= 4 is 21.9 Å². The summed E-state index contributed by atoms with van der Waals surface area (Å²) >= 11 is 3.18. The number of ether oxygens (including phenoxy) is 2. The summed E-state index contributed by atoms with van der Waals surface area (Å²) in [5.74, 6) is -1.25. The van der Waals surface area contributed by atoms with E-state index in [1.807, 2.05) is 4.90 Å². The van der Waals surface area contributed by atoms with Crippen molar-refractivity contribution in [1.82, 2.24) is 4.90 Å². The van der Waals surface area contributed by atoms with E-state index in [0.717, 1.165) is 5.56 Å². The Morgan fingerprint density at radius 3 is 2.59 bits per heavy atom. The van der Waals surface area contributed by atoms with Gasteiger partial charge in [-0.15, -0.1) is 0 Å². The Kier molecular flexibility index (Phi) is 7.02. The number of rotatable bonds is 8. The summed E-state index contributed by atoms with van der Waals surface area (Å²) in [6, 6.07) is 3.23. The van der Waals surface area contributed by atoms with Crippen LogP contribution in [0.5, 0.6) is 11.5 Å². The first-order chi connectivity index (χ1) is 10.2. The molecule has 1 atom stereocenters. The van der Waals surface area contributed by atoms with Gasteiger partial charge in [-0.05, 0) is 40.7 Å². The average molecular weight is 382 g/mol. The first-order valence-electron chi connectivity index (χ1n) is 6.47. The van der Waals surface area contributed by atoms with E-state index in [9.17, 15) is 13.6 Å². The summed E-state index contributed by atoms with van der Waals surface area (Å²) in [6.45, 7) is -0.517. The Balaban J connectivity index is 2.88. The molecule has 0 aliphatic rings. The fraction of sp³-hybridized carbons (Fsp3) is 0.500. The fourth-order valence-corrected chi connectivity index (χ4v) is 2.57. The summed E-state index contributed by atoms with van der Waals surface area (Å²) in [4.78, 5) is 12.7. The van der Waals surface area contributed by atoms with Crippen LogP contribution in [0, 0.1) is 5.92 Å². The van der Waals surface area contributed by atoms with Gasteiger partial charge in [0, 0.05) is 13.1 Å². The molecular formula is C14H18BrF2NO4. The molecule has 0 bridgehead atoms. The van der Waals surface area contributed by atoms with E-state index in [4.69, 9.17) is 9.84 Å². The number of halogens is 3. The molecule has 0 spiro atoms. The lowest BCUT2D eigenvalue weighted by Gasteiger charge is -2.20. The third-order valence-electron chi connectivity index (χ3n) is 2.96. The number of carboxylic acids is 1. The average Bonchev–Trinajstić information content (AvgIpc) is 2.40. The first kappa shape index (κ1) is 18.6. The second kappa shape index (κ2) is 8.28. The normalized spacial score (nSPS) is 12.5. The van der Waals surface area contributed by atoms with Crippen LogP contribution in [0.1, 0.15) is 12.5 Å². The van der Waals surface area contributed by atoms with Crippen LogP contribution in [0.3, 0.4) is 0 Å². The zero-order valence-corrected chi connectivity index (χ0v) is 14.1. The highest BCUT2D eigenvalue weighted by molar-refractivity contribution is 9.10. The number of carboxylic acid groups (broad SMARTS) is 1. The molecular weight excluding hydrogens is 364 g/mol. The molecule has 1 unspecified atom stereocenters. The summed E-state index contributed by atoms with van der Waals surface area (Å²) < 4.78 is 34.6. The minimum atomic E-state index is -2.95. The molecule has 0 fully saturated rings. The highest BCUT2D eigenvalue weighted by Crippen LogP contribution is 2.37. The molecule has 22 heavy (non-hydrogen) atoms. The molecule has 0 aliphatic heterocycles. The molecule has 5 nitrogen and oxygen atoms in total. The fourth-order valence-electron chi connectivity index (χ4n) is 1.99. The number of hydrogen-bond donors (Lipinski definition) is 1. The van der Waals surface area contributed by atoms with E-state index in [1.54, 1.807) is 26.1 Å². The van der Waals surface area contributed by atoms with E-state index in [0.29, 0.717) is 17.6 Å². The molecule has 1 rings (SSSR count). The van der Waals surface area contributed by atoms with E-state index in [2.05, 4.69) is 20.7 Å². The van der Waals surface area contributed by atoms with Gasteiger partial charge in [-0.1, -0.05) is 6.92 Å². The predicted molar refractivity (Wildman–Crippen MR) is 80.5 cm³/mol. The number of carbonyl (C=O) groups is 1. The molecule has 0 aliphatic carbocycles. The highest BCUT2D eigenvalue weighted by Gasteiger charge is 2.18. The lowest BCUT2D eigenvalue weighted by Crippen LogP contribution is -2.28. The SMILES string of the molecule is COc1cc(CN(C)CC(C)C(=O)O)cc(Br)c1OC(F)F. The molecule has 1 aromatic rings. The monoisotopic (exact) mass is 381 g/mol. The molecule has 124 valence electrons. The van der Waals surface area contributed by atoms with Gasteiger partial charge in [0.1, 0.15) is 0 Å². The van der Waals surface area contributed by atoms with Gasteiger partial charge in [-0.2, -0.15) is 8.78 Å². The molecule has 1 aromatic carbocycles. The smallest absolute Gasteiger partial charge is 0.387 e. The van der Waals surface area contributed by atoms with Gasteiger partial charge in [-0.25, -0.2) is 0 Å². The molecule has 0 saturated heterocycles. The molecule has 0 heterocycles. The van der Waals surface area contributed by atoms with Gasteiger partial charge in [0.25, 0.3) is 0 Å². The minimum absolute atomic E-state index is 0.0668. The van der Waals surface area contributed by atoms with Crippen LogP contribution in [0.4, 0.5) is 8.78 Å². The van der Waals surface area contributed by atoms with Crippen molar-refractivity contribution in [2.75, 3.05) is 20.7 Å². The standard InChI is InChI=1S/C14H18BrF2NO4/c1-8(13(19)20)6-18(2)7-9-4-10(15)12(22-14(16)17)11(5-9)21-3/h4-5,8,14H,6-7H2,1-3H3,(H,19,20). The number of nitrogens with zero attached hydrogens (tertiary/aromatic N) is 1. The van der Waals surface area contributed by atoms with Crippen LogP contribution < -0.4 is 9.47 Å². The van der Waals surface area contributed by atoms with Gasteiger partial charge in [0.2, 0.25) is 0 Å². The van der Waals surface area contributed by atoms with E-state index < -0.39 is 18.5 Å². The van der Waals surface area contributed by atoms with Crippen LogP contribution in [0.15, 0.2) is 16.6 Å². The number of methoxy groups -OCH3 is 1. The maximum absolute atomic E-state index is 12.4. The topological polar surface area (TPSA) is 59.0 Å². The zero-order valence-electron chi connectivity index (χ0n) is 12.5. The van der Waals surface area contributed by atoms with Crippen LogP contribution in [0.25, 0.3) is 0 Å².